The van der Waals surface area contributed by atoms with Crippen LogP contribution in [-0.2, 0) is 11.4 Å². The van der Waals surface area contributed by atoms with Gasteiger partial charge in [0.25, 0.3) is 0 Å². The molecule has 4 nitrogen and oxygen atoms in total. The zero-order valence-corrected chi connectivity index (χ0v) is 8.74. The largest absolute Gasteiger partial charge is 0.392 e. The first-order valence-corrected chi connectivity index (χ1v) is 5.11. The Hall–Kier alpha value is -1.62. The van der Waals surface area contributed by atoms with E-state index in [2.05, 4.69) is 5.32 Å². The second-order valence-electron chi connectivity index (χ2n) is 3.70. The molecule has 1 aliphatic rings. The molecule has 2 rings (SSSR count). The number of amides is 1. The number of rotatable bonds is 2. The Morgan fingerprint density at radius 1 is 1.50 bits per heavy atom. The van der Waals surface area contributed by atoms with Crippen molar-refractivity contribution in [3.63, 3.8) is 0 Å². The van der Waals surface area contributed by atoms with E-state index in [0.29, 0.717) is 18.7 Å². The van der Waals surface area contributed by atoms with Gasteiger partial charge >= 0.3 is 0 Å². The van der Waals surface area contributed by atoms with Gasteiger partial charge in [-0.2, -0.15) is 0 Å². The number of hydrogen-bond donors (Lipinski definition) is 2. The van der Waals surface area contributed by atoms with Gasteiger partial charge in [0.15, 0.2) is 0 Å². The van der Waals surface area contributed by atoms with Crippen LogP contribution < -0.4 is 10.2 Å². The van der Waals surface area contributed by atoms with Crippen molar-refractivity contribution >= 4 is 11.6 Å². The molecule has 1 aliphatic heterocycles. The molecule has 0 aromatic heterocycles. The normalized spacial score (nSPS) is 16.1. The van der Waals surface area contributed by atoms with Crippen LogP contribution in [0.3, 0.4) is 0 Å². The molecule has 0 saturated carbocycles. The van der Waals surface area contributed by atoms with Gasteiger partial charge in [0.05, 0.1) is 13.2 Å². The van der Waals surface area contributed by atoms with Crippen molar-refractivity contribution in [1.29, 1.82) is 0 Å². The molecular formula is C11H13FN2O2. The van der Waals surface area contributed by atoms with Crippen molar-refractivity contribution in [2.24, 2.45) is 0 Å². The predicted octanol–water partition coefficient (Wildman–Crippen LogP) is 0.254. The standard InChI is InChI=1S/C11H13FN2O2/c12-9-1-2-10(8(5-9)7-15)14-4-3-13-11(16)6-14/h1-2,5,15H,3-4,6-7H2,(H,13,16). The van der Waals surface area contributed by atoms with Crippen molar-refractivity contribution in [2.75, 3.05) is 24.5 Å². The van der Waals surface area contributed by atoms with E-state index < -0.39 is 0 Å². The van der Waals surface area contributed by atoms with Crippen LogP contribution in [0, 0.1) is 5.82 Å². The van der Waals surface area contributed by atoms with Gasteiger partial charge in [-0.25, -0.2) is 4.39 Å². The van der Waals surface area contributed by atoms with Crippen LogP contribution in [0.5, 0.6) is 0 Å². The van der Waals surface area contributed by atoms with Crippen LogP contribution >= 0.6 is 0 Å². The van der Waals surface area contributed by atoms with Gasteiger partial charge in [0.2, 0.25) is 5.91 Å². The highest BCUT2D eigenvalue weighted by molar-refractivity contribution is 5.82. The van der Waals surface area contributed by atoms with Gasteiger partial charge in [-0.15, -0.1) is 0 Å². The average Bonchev–Trinajstić information content (AvgIpc) is 2.28. The quantitative estimate of drug-likeness (QED) is 0.757. The summed E-state index contributed by atoms with van der Waals surface area (Å²) in [6, 6.07) is 4.22. The van der Waals surface area contributed by atoms with Crippen molar-refractivity contribution in [1.82, 2.24) is 5.32 Å². The SMILES string of the molecule is O=C1CN(c2ccc(F)cc2CO)CCN1. The predicted molar refractivity (Wildman–Crippen MR) is 57.5 cm³/mol. The summed E-state index contributed by atoms with van der Waals surface area (Å²) in [4.78, 5) is 13.1. The number of halogens is 1. The van der Waals surface area contributed by atoms with Crippen LogP contribution in [0.2, 0.25) is 0 Å². The number of anilines is 1. The highest BCUT2D eigenvalue weighted by Gasteiger charge is 2.18. The minimum absolute atomic E-state index is 0.0561. The fraction of sp³-hybridized carbons (Fsp3) is 0.364. The topological polar surface area (TPSA) is 52.6 Å². The van der Waals surface area contributed by atoms with E-state index in [9.17, 15) is 9.18 Å². The lowest BCUT2D eigenvalue weighted by molar-refractivity contribution is -0.120. The number of aliphatic hydroxyl groups is 1. The molecule has 1 aromatic carbocycles. The third-order valence-corrected chi connectivity index (χ3v) is 2.59. The Labute approximate surface area is 92.7 Å². The molecule has 1 aromatic rings. The molecule has 16 heavy (non-hydrogen) atoms. The second-order valence-corrected chi connectivity index (χ2v) is 3.70. The molecule has 1 amide bonds. The van der Waals surface area contributed by atoms with Crippen molar-refractivity contribution in [3.05, 3.63) is 29.6 Å². The summed E-state index contributed by atoms with van der Waals surface area (Å²) < 4.78 is 13.0. The van der Waals surface area contributed by atoms with Crippen LogP contribution in [0.15, 0.2) is 18.2 Å². The van der Waals surface area contributed by atoms with Crippen molar-refractivity contribution in [3.8, 4) is 0 Å². The minimum atomic E-state index is -0.380. The third kappa shape index (κ3) is 2.14. The molecule has 0 aliphatic carbocycles. The number of piperazine rings is 1. The molecule has 5 heteroatoms. The number of hydrogen-bond acceptors (Lipinski definition) is 3. The van der Waals surface area contributed by atoms with Gasteiger partial charge in [-0.1, -0.05) is 0 Å². The molecule has 0 radical (unpaired) electrons. The van der Waals surface area contributed by atoms with Crippen molar-refractivity contribution < 1.29 is 14.3 Å². The fourth-order valence-electron chi connectivity index (χ4n) is 1.83. The Morgan fingerprint density at radius 3 is 3.00 bits per heavy atom. The summed E-state index contributed by atoms with van der Waals surface area (Å²) in [5.74, 6) is -0.436. The first-order valence-electron chi connectivity index (χ1n) is 5.11. The summed E-state index contributed by atoms with van der Waals surface area (Å²) in [6.07, 6.45) is 0. The summed E-state index contributed by atoms with van der Waals surface area (Å²) >= 11 is 0. The number of benzene rings is 1. The molecule has 0 spiro atoms. The number of carbonyl (C=O) groups excluding carboxylic acids is 1. The Morgan fingerprint density at radius 2 is 2.31 bits per heavy atom. The number of nitrogens with one attached hydrogen (secondary N) is 1. The Bertz CT molecular complexity index is 409. The zero-order chi connectivity index (χ0) is 11.5. The minimum Gasteiger partial charge on any atom is -0.392 e. The van der Waals surface area contributed by atoms with Gasteiger partial charge < -0.3 is 15.3 Å². The van der Waals surface area contributed by atoms with E-state index in [0.717, 1.165) is 5.69 Å². The van der Waals surface area contributed by atoms with E-state index in [1.165, 1.54) is 12.1 Å². The first-order chi connectivity index (χ1) is 7.70. The monoisotopic (exact) mass is 224 g/mol. The van der Waals surface area contributed by atoms with Crippen LogP contribution in [0.4, 0.5) is 10.1 Å². The van der Waals surface area contributed by atoms with Crippen molar-refractivity contribution in [2.45, 2.75) is 6.61 Å². The van der Waals surface area contributed by atoms with E-state index in [1.54, 1.807) is 6.07 Å². The Balaban J connectivity index is 2.28. The lowest BCUT2D eigenvalue weighted by atomic mass is 10.1. The molecule has 86 valence electrons. The maximum Gasteiger partial charge on any atom is 0.239 e. The van der Waals surface area contributed by atoms with E-state index in [-0.39, 0.29) is 24.9 Å². The van der Waals surface area contributed by atoms with Gasteiger partial charge in [-0.3, -0.25) is 4.79 Å². The number of carbonyl (C=O) groups is 1. The summed E-state index contributed by atoms with van der Waals surface area (Å²) in [6.45, 7) is 1.26. The highest BCUT2D eigenvalue weighted by Crippen LogP contribution is 2.22. The fourth-order valence-corrected chi connectivity index (χ4v) is 1.83. The summed E-state index contributed by atoms with van der Waals surface area (Å²) in [7, 11) is 0. The summed E-state index contributed by atoms with van der Waals surface area (Å²) in [5, 5.41) is 11.9. The molecule has 1 saturated heterocycles. The first kappa shape index (κ1) is 10.9. The van der Waals surface area contributed by atoms with Crippen LogP contribution in [0.1, 0.15) is 5.56 Å². The molecule has 2 N–H and O–H groups in total. The van der Waals surface area contributed by atoms with Gasteiger partial charge in [0, 0.05) is 24.3 Å². The van der Waals surface area contributed by atoms with Crippen LogP contribution in [0.25, 0.3) is 0 Å². The van der Waals surface area contributed by atoms with E-state index >= 15 is 0 Å². The second kappa shape index (κ2) is 4.49. The number of aliphatic hydroxyl groups excluding tert-OH is 1. The maximum atomic E-state index is 13.0. The third-order valence-electron chi connectivity index (χ3n) is 2.59. The van der Waals surface area contributed by atoms with Gasteiger partial charge in [-0.05, 0) is 18.2 Å². The molecular weight excluding hydrogens is 211 g/mol. The average molecular weight is 224 g/mol. The summed E-state index contributed by atoms with van der Waals surface area (Å²) in [5.41, 5.74) is 1.23. The lowest BCUT2D eigenvalue weighted by Gasteiger charge is -2.30. The van der Waals surface area contributed by atoms with Gasteiger partial charge in [0.1, 0.15) is 5.82 Å². The highest BCUT2D eigenvalue weighted by atomic mass is 19.1. The molecule has 0 unspecified atom stereocenters. The van der Waals surface area contributed by atoms with E-state index in [4.69, 9.17) is 5.11 Å². The van der Waals surface area contributed by atoms with E-state index in [1.807, 2.05) is 4.90 Å². The molecule has 1 heterocycles. The molecule has 0 bridgehead atoms. The maximum absolute atomic E-state index is 13.0. The number of nitrogens with zero attached hydrogens (tertiary/aromatic N) is 1. The molecule has 0 atom stereocenters. The Kier molecular flexibility index (Phi) is 3.05. The van der Waals surface area contributed by atoms with Crippen LogP contribution in [-0.4, -0.2) is 30.6 Å². The smallest absolute Gasteiger partial charge is 0.239 e. The zero-order valence-electron chi connectivity index (χ0n) is 8.74. The molecule has 1 fully saturated rings. The lowest BCUT2D eigenvalue weighted by Crippen LogP contribution is -2.48.